The van der Waals surface area contributed by atoms with Gasteiger partial charge in [-0.2, -0.15) is 0 Å². The molecule has 0 spiro atoms. The third-order valence-corrected chi connectivity index (χ3v) is 7.02. The standard InChI is InChI=1S/C27H36N2O5/c1-31-23-13-18-6-7-22(12-20(18)15-25(23)33-3)28-9-5-10-29-11-8-19-14-24(32-2)26(34-4)16-21(19)17-27(29)30/h13-16,22,28H,5-12,17H2,1-4H3. The monoisotopic (exact) mass is 468 g/mol. The minimum Gasteiger partial charge on any atom is -0.493 e. The van der Waals surface area contributed by atoms with Gasteiger partial charge in [0.05, 0.1) is 34.9 Å². The minimum absolute atomic E-state index is 0.179. The number of aryl methyl sites for hydroxylation is 1. The highest BCUT2D eigenvalue weighted by molar-refractivity contribution is 5.80. The molecule has 0 bridgehead atoms. The van der Waals surface area contributed by atoms with Gasteiger partial charge in [-0.15, -0.1) is 0 Å². The van der Waals surface area contributed by atoms with Gasteiger partial charge in [0.1, 0.15) is 0 Å². The fourth-order valence-corrected chi connectivity index (χ4v) is 5.09. The van der Waals surface area contributed by atoms with Crippen molar-refractivity contribution in [2.45, 2.75) is 44.6 Å². The van der Waals surface area contributed by atoms with Crippen molar-refractivity contribution < 1.29 is 23.7 Å². The molecule has 2 aromatic rings. The molecule has 1 heterocycles. The van der Waals surface area contributed by atoms with Crippen molar-refractivity contribution in [1.82, 2.24) is 10.2 Å². The highest BCUT2D eigenvalue weighted by atomic mass is 16.5. The van der Waals surface area contributed by atoms with Gasteiger partial charge in [-0.3, -0.25) is 4.79 Å². The van der Waals surface area contributed by atoms with Crippen molar-refractivity contribution in [3.8, 4) is 23.0 Å². The van der Waals surface area contributed by atoms with Crippen LogP contribution in [0, 0.1) is 0 Å². The fraction of sp³-hybridized carbons (Fsp3) is 0.519. The molecule has 7 heteroatoms. The Morgan fingerprint density at radius 3 is 2.00 bits per heavy atom. The van der Waals surface area contributed by atoms with E-state index in [9.17, 15) is 4.79 Å². The Morgan fingerprint density at radius 2 is 1.38 bits per heavy atom. The number of carbonyl (C=O) groups excluding carboxylic acids is 1. The number of benzene rings is 2. The van der Waals surface area contributed by atoms with Crippen LogP contribution in [0.5, 0.6) is 23.0 Å². The number of fused-ring (bicyclic) bond motifs is 2. The SMILES string of the molecule is COc1cc2c(cc1OC)CC(=O)N(CCCNC1CCc3cc(OC)c(OC)cc3C1)CC2. The van der Waals surface area contributed by atoms with Crippen molar-refractivity contribution in [3.63, 3.8) is 0 Å². The maximum atomic E-state index is 12.9. The first kappa shape index (κ1) is 24.2. The second kappa shape index (κ2) is 11.0. The molecule has 34 heavy (non-hydrogen) atoms. The Hall–Kier alpha value is -2.93. The van der Waals surface area contributed by atoms with Gasteiger partial charge in [-0.05, 0) is 85.2 Å². The van der Waals surface area contributed by atoms with E-state index >= 15 is 0 Å². The van der Waals surface area contributed by atoms with Crippen LogP contribution >= 0.6 is 0 Å². The van der Waals surface area contributed by atoms with Crippen molar-refractivity contribution in [1.29, 1.82) is 0 Å². The molecule has 0 saturated heterocycles. The topological polar surface area (TPSA) is 69.3 Å². The lowest BCUT2D eigenvalue weighted by Crippen LogP contribution is -2.38. The van der Waals surface area contributed by atoms with Crippen LogP contribution in [0.4, 0.5) is 0 Å². The number of rotatable bonds is 9. The van der Waals surface area contributed by atoms with Crippen LogP contribution in [-0.2, 0) is 30.5 Å². The zero-order valence-corrected chi connectivity index (χ0v) is 20.7. The van der Waals surface area contributed by atoms with E-state index in [2.05, 4.69) is 17.4 Å². The van der Waals surface area contributed by atoms with Gasteiger partial charge in [0, 0.05) is 19.1 Å². The summed E-state index contributed by atoms with van der Waals surface area (Å²) in [5, 5.41) is 3.70. The summed E-state index contributed by atoms with van der Waals surface area (Å²) in [6.07, 6.45) is 5.29. The summed E-state index contributed by atoms with van der Waals surface area (Å²) in [6.45, 7) is 2.40. The summed E-state index contributed by atoms with van der Waals surface area (Å²) in [4.78, 5) is 14.9. The summed E-state index contributed by atoms with van der Waals surface area (Å²) in [5.41, 5.74) is 4.88. The molecule has 1 N–H and O–H groups in total. The average molecular weight is 469 g/mol. The first-order valence-electron chi connectivity index (χ1n) is 12.0. The predicted molar refractivity (Wildman–Crippen MR) is 132 cm³/mol. The fourth-order valence-electron chi connectivity index (χ4n) is 5.09. The van der Waals surface area contributed by atoms with E-state index < -0.39 is 0 Å². The first-order chi connectivity index (χ1) is 16.6. The van der Waals surface area contributed by atoms with Gasteiger partial charge < -0.3 is 29.2 Å². The van der Waals surface area contributed by atoms with Crippen LogP contribution in [0.3, 0.4) is 0 Å². The van der Waals surface area contributed by atoms with Crippen LogP contribution < -0.4 is 24.3 Å². The quantitative estimate of drug-likeness (QED) is 0.570. The lowest BCUT2D eigenvalue weighted by atomic mass is 9.88. The average Bonchev–Trinajstić information content (AvgIpc) is 3.02. The molecule has 184 valence electrons. The minimum atomic E-state index is 0.179. The molecular formula is C27H36N2O5. The molecule has 1 aliphatic heterocycles. The van der Waals surface area contributed by atoms with E-state index in [1.165, 1.54) is 16.7 Å². The van der Waals surface area contributed by atoms with Crippen LogP contribution in [0.25, 0.3) is 0 Å². The number of nitrogens with one attached hydrogen (secondary N) is 1. The lowest BCUT2D eigenvalue weighted by molar-refractivity contribution is -0.130. The van der Waals surface area contributed by atoms with Gasteiger partial charge in [-0.1, -0.05) is 0 Å². The first-order valence-corrected chi connectivity index (χ1v) is 12.0. The number of nitrogens with zero attached hydrogens (tertiary/aromatic N) is 1. The zero-order chi connectivity index (χ0) is 24.1. The Morgan fingerprint density at radius 1 is 0.824 bits per heavy atom. The zero-order valence-electron chi connectivity index (χ0n) is 20.7. The normalized spacial score (nSPS) is 17.5. The van der Waals surface area contributed by atoms with Gasteiger partial charge >= 0.3 is 0 Å². The van der Waals surface area contributed by atoms with E-state index in [4.69, 9.17) is 18.9 Å². The molecule has 0 radical (unpaired) electrons. The van der Waals surface area contributed by atoms with E-state index in [0.29, 0.717) is 18.2 Å². The molecule has 7 nitrogen and oxygen atoms in total. The number of hydrogen-bond donors (Lipinski definition) is 1. The van der Waals surface area contributed by atoms with Gasteiger partial charge in [0.2, 0.25) is 5.91 Å². The Bertz CT molecular complexity index is 1020. The number of carbonyl (C=O) groups is 1. The Kier molecular flexibility index (Phi) is 7.83. The predicted octanol–water partition coefficient (Wildman–Crippen LogP) is 3.19. The van der Waals surface area contributed by atoms with Crippen LogP contribution in [-0.4, -0.2) is 64.9 Å². The van der Waals surface area contributed by atoms with Crippen molar-refractivity contribution >= 4 is 5.91 Å². The number of ether oxygens (including phenoxy) is 4. The second-order valence-corrected chi connectivity index (χ2v) is 9.01. The Labute approximate surface area is 202 Å². The summed E-state index contributed by atoms with van der Waals surface area (Å²) in [6, 6.07) is 8.62. The molecule has 0 aromatic heterocycles. The number of hydrogen-bond acceptors (Lipinski definition) is 6. The summed E-state index contributed by atoms with van der Waals surface area (Å²) >= 11 is 0. The third kappa shape index (κ3) is 5.25. The summed E-state index contributed by atoms with van der Waals surface area (Å²) < 4.78 is 21.8. The van der Waals surface area contributed by atoms with E-state index in [0.717, 1.165) is 74.6 Å². The largest absolute Gasteiger partial charge is 0.493 e. The van der Waals surface area contributed by atoms with Crippen molar-refractivity contribution in [2.75, 3.05) is 48.1 Å². The maximum absolute atomic E-state index is 12.9. The van der Waals surface area contributed by atoms with Gasteiger partial charge in [0.25, 0.3) is 0 Å². The van der Waals surface area contributed by atoms with Crippen molar-refractivity contribution in [2.24, 2.45) is 0 Å². The van der Waals surface area contributed by atoms with Gasteiger partial charge in [-0.25, -0.2) is 0 Å². The van der Waals surface area contributed by atoms with E-state index in [1.807, 2.05) is 17.0 Å². The van der Waals surface area contributed by atoms with E-state index in [-0.39, 0.29) is 5.91 Å². The second-order valence-electron chi connectivity index (χ2n) is 9.01. The van der Waals surface area contributed by atoms with Gasteiger partial charge in [0.15, 0.2) is 23.0 Å². The molecule has 1 atom stereocenters. The maximum Gasteiger partial charge on any atom is 0.227 e. The van der Waals surface area contributed by atoms with Crippen LogP contribution in [0.15, 0.2) is 24.3 Å². The molecule has 4 rings (SSSR count). The number of amides is 1. The van der Waals surface area contributed by atoms with Crippen LogP contribution in [0.1, 0.15) is 35.1 Å². The lowest BCUT2D eigenvalue weighted by Gasteiger charge is -2.27. The molecule has 2 aromatic carbocycles. The van der Waals surface area contributed by atoms with E-state index in [1.54, 1.807) is 28.4 Å². The summed E-state index contributed by atoms with van der Waals surface area (Å²) in [7, 11) is 6.63. The number of methoxy groups -OCH3 is 4. The highest BCUT2D eigenvalue weighted by Crippen LogP contribution is 2.34. The van der Waals surface area contributed by atoms with Crippen LogP contribution in [0.2, 0.25) is 0 Å². The Balaban J connectivity index is 1.28. The third-order valence-electron chi connectivity index (χ3n) is 7.02. The summed E-state index contributed by atoms with van der Waals surface area (Å²) in [5.74, 6) is 3.17. The smallest absolute Gasteiger partial charge is 0.227 e. The molecular weight excluding hydrogens is 432 g/mol. The molecule has 1 unspecified atom stereocenters. The molecule has 1 aliphatic carbocycles. The molecule has 2 aliphatic rings. The molecule has 1 amide bonds. The molecule has 0 saturated carbocycles. The highest BCUT2D eigenvalue weighted by Gasteiger charge is 2.23. The molecule has 0 fully saturated rings. The van der Waals surface area contributed by atoms with Crippen molar-refractivity contribution in [3.05, 3.63) is 46.5 Å².